The molecule has 1 aromatic carbocycles. The van der Waals surface area contributed by atoms with Gasteiger partial charge in [-0.3, -0.25) is 9.59 Å². The van der Waals surface area contributed by atoms with Crippen LogP contribution in [0.2, 0.25) is 0 Å². The molecule has 2 aromatic rings. The van der Waals surface area contributed by atoms with E-state index in [1.807, 2.05) is 18.2 Å². The zero-order chi connectivity index (χ0) is 18.6. The molecule has 132 valence electrons. The predicted molar refractivity (Wildman–Crippen MR) is 89.5 cm³/mol. The fourth-order valence-electron chi connectivity index (χ4n) is 3.00. The fraction of sp³-hybridized carbons (Fsp3) is 0.263. The number of fused-ring (bicyclic) bond motifs is 3. The molecule has 1 aliphatic rings. The van der Waals surface area contributed by atoms with Crippen molar-refractivity contribution < 1.29 is 51.9 Å². The molecule has 0 saturated heterocycles. The molecule has 0 saturated carbocycles. The summed E-state index contributed by atoms with van der Waals surface area (Å²) in [6.07, 6.45) is 1.76. The van der Waals surface area contributed by atoms with E-state index in [0.29, 0.717) is 5.69 Å². The number of aromatic nitrogens is 1. The summed E-state index contributed by atoms with van der Waals surface area (Å²) in [5.74, 6) is -1.49. The van der Waals surface area contributed by atoms with Crippen molar-refractivity contribution in [2.24, 2.45) is 0 Å². The Bertz CT molecular complexity index is 808. The van der Waals surface area contributed by atoms with Crippen LogP contribution in [-0.2, 0) is 54.8 Å². The van der Waals surface area contributed by atoms with Gasteiger partial charge in [-0.1, -0.05) is 24.3 Å². The Morgan fingerprint density at radius 2 is 1.85 bits per heavy atom. The SMILES string of the molecule is CC(=O)[O-].[CH2]C(OC(C)=O)n1c(C=O)cc2c1CCc1ccccc1-2.[Hg+]. The van der Waals surface area contributed by atoms with Crippen molar-refractivity contribution in [3.63, 3.8) is 0 Å². The first-order valence-electron chi connectivity index (χ1n) is 7.80. The van der Waals surface area contributed by atoms with Crippen molar-refractivity contribution in [2.45, 2.75) is 32.9 Å². The molecule has 6 nitrogen and oxygen atoms in total. The van der Waals surface area contributed by atoms with Crippen LogP contribution in [0.3, 0.4) is 0 Å². The molecule has 0 amide bonds. The standard InChI is InChI=1S/C17H16NO3.C2H4O2.Hg/c1-11(21-12(2)20)18-14(10-19)9-16-15-6-4-3-5-13(15)7-8-17(16)18;1-2(3)4;/h3-6,9-11H,1,7-8H2,2H3;1H3,(H,3,4);/q;;+1/p-1. The number of aldehydes is 1. The second-order valence-electron chi connectivity index (χ2n) is 5.63. The van der Waals surface area contributed by atoms with Crippen molar-refractivity contribution in [1.29, 1.82) is 0 Å². The Morgan fingerprint density at radius 1 is 1.23 bits per heavy atom. The van der Waals surface area contributed by atoms with Gasteiger partial charge in [-0.15, -0.1) is 0 Å². The summed E-state index contributed by atoms with van der Waals surface area (Å²) in [5.41, 5.74) is 4.91. The number of carboxylic acids is 1. The van der Waals surface area contributed by atoms with E-state index in [4.69, 9.17) is 14.6 Å². The molecule has 1 aromatic heterocycles. The third-order valence-corrected chi connectivity index (χ3v) is 3.82. The number of nitrogens with zero attached hydrogens (tertiary/aromatic N) is 1. The van der Waals surface area contributed by atoms with Crippen LogP contribution in [0.1, 0.15) is 41.8 Å². The zero-order valence-electron chi connectivity index (χ0n) is 14.9. The van der Waals surface area contributed by atoms with Crippen LogP contribution >= 0.6 is 0 Å². The van der Waals surface area contributed by atoms with Crippen LogP contribution in [0.5, 0.6) is 0 Å². The van der Waals surface area contributed by atoms with Crippen molar-refractivity contribution in [3.8, 4) is 11.1 Å². The van der Waals surface area contributed by atoms with Gasteiger partial charge in [0.1, 0.15) is 0 Å². The number of carbonyl (C=O) groups is 3. The Kier molecular flexibility index (Phi) is 8.21. The van der Waals surface area contributed by atoms with Crippen LogP contribution in [0.25, 0.3) is 11.1 Å². The molecule has 0 fully saturated rings. The van der Waals surface area contributed by atoms with E-state index in [0.717, 1.165) is 42.9 Å². The van der Waals surface area contributed by atoms with Crippen LogP contribution in [0, 0.1) is 6.92 Å². The molecule has 0 bridgehead atoms. The van der Waals surface area contributed by atoms with Crippen LogP contribution in [0.15, 0.2) is 30.3 Å². The number of aliphatic carboxylic acids is 1. The quantitative estimate of drug-likeness (QED) is 0.335. The van der Waals surface area contributed by atoms with Gasteiger partial charge >= 0.3 is 33.6 Å². The summed E-state index contributed by atoms with van der Waals surface area (Å²) in [6.45, 7) is 6.16. The number of esters is 1. The van der Waals surface area contributed by atoms with E-state index < -0.39 is 18.2 Å². The summed E-state index contributed by atoms with van der Waals surface area (Å²) >= 11 is 0. The number of carboxylic acid groups (broad SMARTS) is 1. The van der Waals surface area contributed by atoms with Crippen LogP contribution in [-0.4, -0.2) is 22.8 Å². The first-order valence-corrected chi connectivity index (χ1v) is 7.80. The van der Waals surface area contributed by atoms with E-state index in [9.17, 15) is 9.59 Å². The molecule has 3 rings (SSSR count). The molecule has 2 radical (unpaired) electrons. The molecule has 1 atom stereocenters. The molecule has 1 aliphatic carbocycles. The van der Waals surface area contributed by atoms with Gasteiger partial charge in [0.2, 0.25) is 0 Å². The summed E-state index contributed by atoms with van der Waals surface area (Å²) in [4.78, 5) is 31.4. The van der Waals surface area contributed by atoms with Gasteiger partial charge in [0.15, 0.2) is 12.5 Å². The van der Waals surface area contributed by atoms with Crippen molar-refractivity contribution in [1.82, 2.24) is 4.57 Å². The molecular formula is C19H19HgNO5. The Hall–Kier alpha value is -1.95. The van der Waals surface area contributed by atoms with Gasteiger partial charge in [0.05, 0.1) is 5.69 Å². The van der Waals surface area contributed by atoms with Gasteiger partial charge in [0.25, 0.3) is 0 Å². The van der Waals surface area contributed by atoms with E-state index in [-0.39, 0.29) is 27.7 Å². The number of hydrogen-bond donors (Lipinski definition) is 0. The molecule has 26 heavy (non-hydrogen) atoms. The van der Waals surface area contributed by atoms with E-state index in [1.54, 1.807) is 4.57 Å². The number of carbonyl (C=O) groups excluding carboxylic acids is 3. The maximum absolute atomic E-state index is 11.4. The van der Waals surface area contributed by atoms with Crippen molar-refractivity contribution >= 4 is 18.2 Å². The van der Waals surface area contributed by atoms with Crippen LogP contribution in [0.4, 0.5) is 0 Å². The van der Waals surface area contributed by atoms with Gasteiger partial charge in [-0.25, -0.2) is 0 Å². The fourth-order valence-corrected chi connectivity index (χ4v) is 3.00. The number of aryl methyl sites for hydroxylation is 1. The molecule has 0 N–H and O–H groups in total. The van der Waals surface area contributed by atoms with Crippen molar-refractivity contribution in [2.75, 3.05) is 0 Å². The summed E-state index contributed by atoms with van der Waals surface area (Å²) in [6, 6.07) is 10.0. The molecular weight excluding hydrogens is 523 g/mol. The maximum atomic E-state index is 11.4. The average molecular weight is 542 g/mol. The normalized spacial score (nSPS) is 12.3. The number of benzene rings is 1. The maximum Gasteiger partial charge on any atom is 1.00 e. The topological polar surface area (TPSA) is 88.4 Å². The second-order valence-corrected chi connectivity index (χ2v) is 5.63. The van der Waals surface area contributed by atoms with E-state index in [2.05, 4.69) is 19.1 Å². The Balaban J connectivity index is 0.000000616. The molecule has 7 heteroatoms. The summed E-state index contributed by atoms with van der Waals surface area (Å²) < 4.78 is 6.87. The largest absolute Gasteiger partial charge is 1.00 e. The van der Waals surface area contributed by atoms with Gasteiger partial charge in [-0.05, 0) is 37.0 Å². The number of ether oxygens (including phenoxy) is 1. The predicted octanol–water partition coefficient (Wildman–Crippen LogP) is 1.72. The molecule has 0 spiro atoms. The first-order chi connectivity index (χ1) is 11.8. The molecule has 0 aliphatic heterocycles. The monoisotopic (exact) mass is 543 g/mol. The minimum absolute atomic E-state index is 0. The third-order valence-electron chi connectivity index (χ3n) is 3.82. The Labute approximate surface area is 172 Å². The van der Waals surface area contributed by atoms with E-state index >= 15 is 0 Å². The second kappa shape index (κ2) is 9.66. The Morgan fingerprint density at radius 3 is 2.42 bits per heavy atom. The summed E-state index contributed by atoms with van der Waals surface area (Å²) in [7, 11) is 0. The van der Waals surface area contributed by atoms with Gasteiger partial charge in [-0.2, -0.15) is 0 Å². The summed E-state index contributed by atoms with van der Waals surface area (Å²) in [5, 5.41) is 8.89. The van der Waals surface area contributed by atoms with Crippen LogP contribution < -0.4 is 5.11 Å². The first kappa shape index (κ1) is 22.1. The number of rotatable bonds is 3. The third kappa shape index (κ3) is 5.03. The zero-order valence-corrected chi connectivity index (χ0v) is 20.4. The number of hydrogen-bond acceptors (Lipinski definition) is 5. The van der Waals surface area contributed by atoms with Crippen molar-refractivity contribution in [3.05, 3.63) is 54.2 Å². The van der Waals surface area contributed by atoms with Gasteiger partial charge in [0, 0.05) is 31.1 Å². The minimum atomic E-state index is -1.08. The van der Waals surface area contributed by atoms with E-state index in [1.165, 1.54) is 12.5 Å². The minimum Gasteiger partial charge on any atom is -0.550 e. The smallest absolute Gasteiger partial charge is 0.550 e. The van der Waals surface area contributed by atoms with Gasteiger partial charge < -0.3 is 19.2 Å². The average Bonchev–Trinajstić information content (AvgIpc) is 2.92. The molecule has 1 unspecified atom stereocenters. The molecule has 1 heterocycles.